The van der Waals surface area contributed by atoms with Crippen molar-refractivity contribution >= 4 is 12.1 Å². The van der Waals surface area contributed by atoms with E-state index in [1.165, 1.54) is 5.56 Å². The summed E-state index contributed by atoms with van der Waals surface area (Å²) in [4.78, 5) is 11.6. The van der Waals surface area contributed by atoms with Crippen molar-refractivity contribution in [2.75, 3.05) is 0 Å². The second kappa shape index (κ2) is 7.24. The largest absolute Gasteiger partial charge is 0.273 e. The van der Waals surface area contributed by atoms with Crippen LogP contribution in [0.1, 0.15) is 23.1 Å². The van der Waals surface area contributed by atoms with Crippen LogP contribution < -0.4 is 5.43 Å². The van der Waals surface area contributed by atoms with E-state index in [4.69, 9.17) is 0 Å². The lowest BCUT2D eigenvalue weighted by molar-refractivity contribution is -0.121. The Kier molecular flexibility index (Phi) is 5.07. The second-order valence-electron chi connectivity index (χ2n) is 4.69. The molecule has 0 saturated carbocycles. The summed E-state index contributed by atoms with van der Waals surface area (Å²) < 4.78 is 0. The van der Waals surface area contributed by atoms with Crippen LogP contribution in [0.2, 0.25) is 0 Å². The molecule has 2 aromatic rings. The van der Waals surface area contributed by atoms with Crippen molar-refractivity contribution in [3.8, 4) is 0 Å². The number of benzene rings is 2. The fourth-order valence-corrected chi connectivity index (χ4v) is 1.89. The number of nitrogens with zero attached hydrogens (tertiary/aromatic N) is 1. The zero-order chi connectivity index (χ0) is 14.2. The van der Waals surface area contributed by atoms with Gasteiger partial charge in [-0.05, 0) is 24.5 Å². The molecule has 1 amide bonds. The average molecular weight is 266 g/mol. The fraction of sp³-hybridized carbons (Fsp3) is 0.176. The molecule has 0 aliphatic heterocycles. The monoisotopic (exact) mass is 266 g/mol. The lowest BCUT2D eigenvalue weighted by Crippen LogP contribution is -2.17. The number of hydrogen-bond acceptors (Lipinski definition) is 2. The molecule has 3 heteroatoms. The van der Waals surface area contributed by atoms with E-state index >= 15 is 0 Å². The summed E-state index contributed by atoms with van der Waals surface area (Å²) in [5.41, 5.74) is 5.86. The van der Waals surface area contributed by atoms with Crippen molar-refractivity contribution in [2.45, 2.75) is 19.8 Å². The van der Waals surface area contributed by atoms with Gasteiger partial charge in [0, 0.05) is 6.42 Å². The number of rotatable bonds is 5. The van der Waals surface area contributed by atoms with Gasteiger partial charge in [-0.1, -0.05) is 60.2 Å². The molecule has 20 heavy (non-hydrogen) atoms. The van der Waals surface area contributed by atoms with Crippen molar-refractivity contribution in [1.29, 1.82) is 0 Å². The topological polar surface area (TPSA) is 41.5 Å². The first kappa shape index (κ1) is 14.0. The predicted octanol–water partition coefficient (Wildman–Crippen LogP) is 3.08. The van der Waals surface area contributed by atoms with Crippen LogP contribution in [0, 0.1) is 6.92 Å². The highest BCUT2D eigenvalue weighted by atomic mass is 16.2. The fourth-order valence-electron chi connectivity index (χ4n) is 1.89. The van der Waals surface area contributed by atoms with E-state index < -0.39 is 0 Å². The third-order valence-corrected chi connectivity index (χ3v) is 2.93. The van der Waals surface area contributed by atoms with E-state index in [1.807, 2.05) is 61.5 Å². The molecule has 2 aromatic carbocycles. The van der Waals surface area contributed by atoms with Crippen LogP contribution in [0.25, 0.3) is 0 Å². The van der Waals surface area contributed by atoms with Gasteiger partial charge in [0.05, 0.1) is 6.21 Å². The van der Waals surface area contributed by atoms with Crippen LogP contribution in [0.5, 0.6) is 0 Å². The molecule has 0 bridgehead atoms. The van der Waals surface area contributed by atoms with Gasteiger partial charge < -0.3 is 0 Å². The lowest BCUT2D eigenvalue weighted by Gasteiger charge is -2.00. The number of carbonyl (C=O) groups is 1. The van der Waals surface area contributed by atoms with Crippen LogP contribution >= 0.6 is 0 Å². The van der Waals surface area contributed by atoms with Gasteiger partial charge in [-0.25, -0.2) is 5.43 Å². The van der Waals surface area contributed by atoms with Crippen LogP contribution in [0.4, 0.5) is 0 Å². The molecule has 0 aromatic heterocycles. The molecule has 0 atom stereocenters. The quantitative estimate of drug-likeness (QED) is 0.656. The molecule has 0 radical (unpaired) electrons. The van der Waals surface area contributed by atoms with E-state index in [1.54, 1.807) is 6.21 Å². The third-order valence-electron chi connectivity index (χ3n) is 2.93. The number of nitrogens with one attached hydrogen (secondary N) is 1. The van der Waals surface area contributed by atoms with Gasteiger partial charge in [0.1, 0.15) is 0 Å². The highest BCUT2D eigenvalue weighted by molar-refractivity contribution is 5.82. The SMILES string of the molecule is Cc1cccc(/C=N/NC(=O)CCc2ccccc2)c1. The van der Waals surface area contributed by atoms with Crippen LogP contribution in [-0.2, 0) is 11.2 Å². The van der Waals surface area contributed by atoms with E-state index in [0.29, 0.717) is 6.42 Å². The molecule has 0 saturated heterocycles. The summed E-state index contributed by atoms with van der Waals surface area (Å²) in [5, 5.41) is 3.97. The maximum absolute atomic E-state index is 11.6. The van der Waals surface area contributed by atoms with Crippen molar-refractivity contribution in [2.24, 2.45) is 5.10 Å². The molecule has 1 N–H and O–H groups in total. The molecule has 3 nitrogen and oxygen atoms in total. The summed E-state index contributed by atoms with van der Waals surface area (Å²) in [6.45, 7) is 2.02. The standard InChI is InChI=1S/C17H18N2O/c1-14-6-5-9-16(12-14)13-18-19-17(20)11-10-15-7-3-2-4-8-15/h2-9,12-13H,10-11H2,1H3,(H,19,20)/b18-13+. The van der Waals surface area contributed by atoms with Gasteiger partial charge in [-0.3, -0.25) is 4.79 Å². The van der Waals surface area contributed by atoms with E-state index in [0.717, 1.165) is 17.5 Å². The maximum Gasteiger partial charge on any atom is 0.240 e. The Morgan fingerprint density at radius 1 is 1.15 bits per heavy atom. The average Bonchev–Trinajstić information content (AvgIpc) is 2.46. The summed E-state index contributed by atoms with van der Waals surface area (Å²) in [6, 6.07) is 17.9. The number of amides is 1. The summed E-state index contributed by atoms with van der Waals surface area (Å²) in [7, 11) is 0. The molecule has 102 valence electrons. The van der Waals surface area contributed by atoms with Gasteiger partial charge in [0.25, 0.3) is 0 Å². The van der Waals surface area contributed by atoms with E-state index in [2.05, 4.69) is 10.5 Å². The Labute approximate surface area is 119 Å². The van der Waals surface area contributed by atoms with Crippen molar-refractivity contribution < 1.29 is 4.79 Å². The number of hydrogen-bond donors (Lipinski definition) is 1. The second-order valence-corrected chi connectivity index (χ2v) is 4.69. The third kappa shape index (κ3) is 4.69. The molecule has 0 aliphatic rings. The van der Waals surface area contributed by atoms with Gasteiger partial charge in [-0.2, -0.15) is 5.10 Å². The Morgan fingerprint density at radius 2 is 1.95 bits per heavy atom. The number of aryl methyl sites for hydroxylation is 2. The molecule has 0 fully saturated rings. The predicted molar refractivity (Wildman–Crippen MR) is 81.7 cm³/mol. The first-order valence-corrected chi connectivity index (χ1v) is 6.66. The van der Waals surface area contributed by atoms with Gasteiger partial charge in [0.2, 0.25) is 5.91 Å². The highest BCUT2D eigenvalue weighted by Gasteiger charge is 2.00. The first-order valence-electron chi connectivity index (χ1n) is 6.66. The van der Waals surface area contributed by atoms with Gasteiger partial charge >= 0.3 is 0 Å². The molecule has 0 aliphatic carbocycles. The van der Waals surface area contributed by atoms with Crippen LogP contribution in [-0.4, -0.2) is 12.1 Å². The minimum atomic E-state index is -0.0715. The molecule has 0 heterocycles. The minimum Gasteiger partial charge on any atom is -0.273 e. The Balaban J connectivity index is 1.78. The number of hydrazone groups is 1. The molecule has 0 spiro atoms. The molecular weight excluding hydrogens is 248 g/mol. The first-order chi connectivity index (χ1) is 9.74. The van der Waals surface area contributed by atoms with Gasteiger partial charge in [-0.15, -0.1) is 0 Å². The van der Waals surface area contributed by atoms with E-state index in [-0.39, 0.29) is 5.91 Å². The lowest BCUT2D eigenvalue weighted by atomic mass is 10.1. The van der Waals surface area contributed by atoms with Gasteiger partial charge in [0.15, 0.2) is 0 Å². The number of carbonyl (C=O) groups excluding carboxylic acids is 1. The summed E-state index contributed by atoms with van der Waals surface area (Å²) in [6.07, 6.45) is 2.83. The summed E-state index contributed by atoms with van der Waals surface area (Å²) >= 11 is 0. The van der Waals surface area contributed by atoms with E-state index in [9.17, 15) is 4.79 Å². The molecular formula is C17H18N2O. The minimum absolute atomic E-state index is 0.0715. The molecule has 2 rings (SSSR count). The van der Waals surface area contributed by atoms with Crippen LogP contribution in [0.15, 0.2) is 59.7 Å². The van der Waals surface area contributed by atoms with Crippen LogP contribution in [0.3, 0.4) is 0 Å². The normalized spacial score (nSPS) is 10.7. The Hall–Kier alpha value is -2.42. The molecule has 0 unspecified atom stereocenters. The highest BCUT2D eigenvalue weighted by Crippen LogP contribution is 2.02. The van der Waals surface area contributed by atoms with Crippen molar-refractivity contribution in [3.05, 3.63) is 71.3 Å². The Bertz CT molecular complexity index is 591. The van der Waals surface area contributed by atoms with Crippen molar-refractivity contribution in [1.82, 2.24) is 5.43 Å². The maximum atomic E-state index is 11.6. The van der Waals surface area contributed by atoms with Crippen molar-refractivity contribution in [3.63, 3.8) is 0 Å². The summed E-state index contributed by atoms with van der Waals surface area (Å²) in [5.74, 6) is -0.0715. The smallest absolute Gasteiger partial charge is 0.240 e. The zero-order valence-electron chi connectivity index (χ0n) is 11.5. The zero-order valence-corrected chi connectivity index (χ0v) is 11.5. The Morgan fingerprint density at radius 3 is 2.70 bits per heavy atom.